The monoisotopic (exact) mass is 206 g/mol. The largest absolute Gasteiger partial charge is 0.466 e. The Morgan fingerprint density at radius 2 is 1.38 bits per heavy atom. The van der Waals surface area contributed by atoms with Gasteiger partial charge in [0.2, 0.25) is 0 Å². The van der Waals surface area contributed by atoms with Crippen LogP contribution in [0.15, 0.2) is 24.3 Å². The van der Waals surface area contributed by atoms with E-state index in [2.05, 4.69) is 0 Å². The second kappa shape index (κ2) is 4.84. The highest BCUT2D eigenvalue weighted by Gasteiger charge is 2.00. The molecule has 0 heterocycles. The van der Waals surface area contributed by atoms with E-state index in [9.17, 15) is 0 Å². The third kappa shape index (κ3) is 10.9. The average Bonchev–Trinajstić information content (AvgIpc) is 1.81. The highest BCUT2D eigenvalue weighted by atomic mass is 31.2. The SMILES string of the molecule is Nc1cccc(N)c1.O=P(O)(O)O. The molecule has 0 aromatic heterocycles. The fourth-order valence-electron chi connectivity index (χ4n) is 0.559. The van der Waals surface area contributed by atoms with Gasteiger partial charge in [0.05, 0.1) is 0 Å². The summed E-state index contributed by atoms with van der Waals surface area (Å²) >= 11 is 0. The van der Waals surface area contributed by atoms with Crippen molar-refractivity contribution in [1.82, 2.24) is 0 Å². The first-order valence-corrected chi connectivity index (χ1v) is 4.75. The number of benzene rings is 1. The maximum absolute atomic E-state index is 8.88. The number of phosphoric acid groups is 1. The minimum Gasteiger partial charge on any atom is -0.399 e. The molecule has 0 unspecified atom stereocenters. The van der Waals surface area contributed by atoms with E-state index in [0.717, 1.165) is 0 Å². The van der Waals surface area contributed by atoms with Gasteiger partial charge in [0.15, 0.2) is 0 Å². The van der Waals surface area contributed by atoms with Gasteiger partial charge in [-0.1, -0.05) is 6.07 Å². The number of hydrogen-bond donors (Lipinski definition) is 5. The molecule has 1 aromatic rings. The van der Waals surface area contributed by atoms with Crippen molar-refractivity contribution in [3.63, 3.8) is 0 Å². The Morgan fingerprint density at radius 3 is 1.54 bits per heavy atom. The quantitative estimate of drug-likeness (QED) is 0.298. The zero-order valence-electron chi connectivity index (χ0n) is 6.66. The standard InChI is InChI=1S/C6H8N2.H3O4P/c7-5-2-1-3-6(8)4-5;1-5(2,3)4/h1-4H,7-8H2;(H3,1,2,3,4). The number of rotatable bonds is 0. The van der Waals surface area contributed by atoms with Crippen molar-refractivity contribution in [2.75, 3.05) is 11.5 Å². The normalized spacial score (nSPS) is 10.1. The molecule has 0 radical (unpaired) electrons. The molecular weight excluding hydrogens is 195 g/mol. The van der Waals surface area contributed by atoms with Crippen molar-refractivity contribution in [1.29, 1.82) is 0 Å². The van der Waals surface area contributed by atoms with E-state index in [0.29, 0.717) is 11.4 Å². The van der Waals surface area contributed by atoms with Gasteiger partial charge in [0, 0.05) is 11.4 Å². The van der Waals surface area contributed by atoms with Crippen molar-refractivity contribution in [2.45, 2.75) is 0 Å². The van der Waals surface area contributed by atoms with Gasteiger partial charge in [0.1, 0.15) is 0 Å². The Labute approximate surface area is 75.0 Å². The van der Waals surface area contributed by atoms with Gasteiger partial charge < -0.3 is 26.1 Å². The van der Waals surface area contributed by atoms with Gasteiger partial charge >= 0.3 is 7.82 Å². The number of nitrogens with two attached hydrogens (primary N) is 2. The van der Waals surface area contributed by atoms with Crippen LogP contribution in [0.2, 0.25) is 0 Å². The lowest BCUT2D eigenvalue weighted by Crippen LogP contribution is -1.87. The molecule has 0 atom stereocenters. The van der Waals surface area contributed by atoms with Crippen molar-refractivity contribution >= 4 is 19.2 Å². The fourth-order valence-corrected chi connectivity index (χ4v) is 0.559. The van der Waals surface area contributed by atoms with Gasteiger partial charge in [-0.05, 0) is 18.2 Å². The second-order valence-electron chi connectivity index (χ2n) is 2.18. The number of hydrogen-bond acceptors (Lipinski definition) is 3. The predicted molar refractivity (Wildman–Crippen MR) is 49.5 cm³/mol. The molecule has 6 nitrogen and oxygen atoms in total. The second-order valence-corrected chi connectivity index (χ2v) is 3.21. The van der Waals surface area contributed by atoms with E-state index >= 15 is 0 Å². The van der Waals surface area contributed by atoms with Crippen LogP contribution in [0, 0.1) is 0 Å². The van der Waals surface area contributed by atoms with Crippen LogP contribution in [0.25, 0.3) is 0 Å². The number of anilines is 2. The summed E-state index contributed by atoms with van der Waals surface area (Å²) in [5.41, 5.74) is 12.2. The molecule has 0 aliphatic heterocycles. The number of nitrogen functional groups attached to an aromatic ring is 2. The minimum atomic E-state index is -4.64. The summed E-state index contributed by atoms with van der Waals surface area (Å²) in [5.74, 6) is 0. The molecule has 1 aromatic carbocycles. The molecule has 7 heteroatoms. The zero-order valence-corrected chi connectivity index (χ0v) is 7.56. The van der Waals surface area contributed by atoms with Crippen molar-refractivity contribution in [3.8, 4) is 0 Å². The van der Waals surface area contributed by atoms with Crippen LogP contribution < -0.4 is 11.5 Å². The summed E-state index contributed by atoms with van der Waals surface area (Å²) in [6, 6.07) is 7.15. The molecule has 13 heavy (non-hydrogen) atoms. The minimum absolute atomic E-state index is 0.713. The third-order valence-electron chi connectivity index (χ3n) is 0.911. The Kier molecular flexibility index (Phi) is 4.44. The Bertz CT molecular complexity index is 286. The third-order valence-corrected chi connectivity index (χ3v) is 0.911. The smallest absolute Gasteiger partial charge is 0.399 e. The zero-order chi connectivity index (χ0) is 10.5. The Balaban J connectivity index is 0.000000252. The molecule has 0 amide bonds. The molecule has 0 aliphatic carbocycles. The molecule has 0 saturated heterocycles. The van der Waals surface area contributed by atoms with Crippen LogP contribution in [0.5, 0.6) is 0 Å². The summed E-state index contributed by atoms with van der Waals surface area (Å²) < 4.78 is 8.88. The molecule has 1 rings (SSSR count). The lowest BCUT2D eigenvalue weighted by atomic mass is 10.3. The highest BCUT2D eigenvalue weighted by Crippen LogP contribution is 2.25. The van der Waals surface area contributed by atoms with Crippen LogP contribution in [0.3, 0.4) is 0 Å². The first kappa shape index (κ1) is 11.9. The van der Waals surface area contributed by atoms with E-state index in [4.69, 9.17) is 30.7 Å². The van der Waals surface area contributed by atoms with E-state index < -0.39 is 7.82 Å². The lowest BCUT2D eigenvalue weighted by molar-refractivity contribution is 0.275. The summed E-state index contributed by atoms with van der Waals surface area (Å²) in [4.78, 5) is 21.6. The summed E-state index contributed by atoms with van der Waals surface area (Å²) in [5, 5.41) is 0. The summed E-state index contributed by atoms with van der Waals surface area (Å²) in [6.45, 7) is 0. The van der Waals surface area contributed by atoms with Crippen LogP contribution in [0.1, 0.15) is 0 Å². The van der Waals surface area contributed by atoms with Crippen LogP contribution in [-0.4, -0.2) is 14.7 Å². The Morgan fingerprint density at radius 1 is 1.08 bits per heavy atom. The van der Waals surface area contributed by atoms with E-state index in [1.54, 1.807) is 18.2 Å². The maximum atomic E-state index is 8.88. The topological polar surface area (TPSA) is 130 Å². The molecule has 0 fully saturated rings. The van der Waals surface area contributed by atoms with Crippen LogP contribution >= 0.6 is 7.82 Å². The summed E-state index contributed by atoms with van der Waals surface area (Å²) in [7, 11) is -4.64. The van der Waals surface area contributed by atoms with Crippen LogP contribution in [-0.2, 0) is 4.57 Å². The lowest BCUT2D eigenvalue weighted by Gasteiger charge is -1.91. The fraction of sp³-hybridized carbons (Fsp3) is 0. The first-order chi connectivity index (χ1) is 5.79. The molecule has 74 valence electrons. The maximum Gasteiger partial charge on any atom is 0.466 e. The van der Waals surface area contributed by atoms with Gasteiger partial charge in [-0.25, -0.2) is 4.57 Å². The van der Waals surface area contributed by atoms with Crippen molar-refractivity contribution in [2.24, 2.45) is 0 Å². The summed E-state index contributed by atoms with van der Waals surface area (Å²) in [6.07, 6.45) is 0. The molecule has 0 saturated carbocycles. The van der Waals surface area contributed by atoms with Gasteiger partial charge in [-0.15, -0.1) is 0 Å². The van der Waals surface area contributed by atoms with E-state index in [-0.39, 0.29) is 0 Å². The highest BCUT2D eigenvalue weighted by molar-refractivity contribution is 7.45. The van der Waals surface area contributed by atoms with Gasteiger partial charge in [0.25, 0.3) is 0 Å². The molecule has 0 bridgehead atoms. The van der Waals surface area contributed by atoms with E-state index in [1.807, 2.05) is 6.07 Å². The predicted octanol–water partition coefficient (Wildman–Crippen LogP) is -0.0776. The molecule has 0 spiro atoms. The molecule has 0 aliphatic rings. The average molecular weight is 206 g/mol. The van der Waals surface area contributed by atoms with Crippen LogP contribution in [0.4, 0.5) is 11.4 Å². The van der Waals surface area contributed by atoms with E-state index in [1.165, 1.54) is 0 Å². The molecular formula is C6H11N2O4P. The molecule has 7 N–H and O–H groups in total. The van der Waals surface area contributed by atoms with Gasteiger partial charge in [-0.2, -0.15) is 0 Å². The van der Waals surface area contributed by atoms with Crippen molar-refractivity contribution < 1.29 is 19.2 Å². The van der Waals surface area contributed by atoms with Gasteiger partial charge in [-0.3, -0.25) is 0 Å². The first-order valence-electron chi connectivity index (χ1n) is 3.18. The van der Waals surface area contributed by atoms with Crippen molar-refractivity contribution in [3.05, 3.63) is 24.3 Å². The Hall–Kier alpha value is -1.07.